The molecule has 0 radical (unpaired) electrons. The quantitative estimate of drug-likeness (QED) is 0.911. The lowest BCUT2D eigenvalue weighted by Gasteiger charge is -2.38. The van der Waals surface area contributed by atoms with E-state index < -0.39 is 0 Å². The molecule has 1 aliphatic heterocycles. The Morgan fingerprint density at radius 3 is 2.38 bits per heavy atom. The lowest BCUT2D eigenvalue weighted by molar-refractivity contribution is 0.0598. The molecule has 0 atom stereocenters. The van der Waals surface area contributed by atoms with Gasteiger partial charge in [0, 0.05) is 19.6 Å². The lowest BCUT2D eigenvalue weighted by atomic mass is 9.75. The molecule has 1 amide bonds. The Labute approximate surface area is 127 Å². The van der Waals surface area contributed by atoms with Crippen molar-refractivity contribution in [2.75, 3.05) is 18.8 Å². The number of aromatic nitrogens is 2. The van der Waals surface area contributed by atoms with Crippen molar-refractivity contribution in [1.29, 1.82) is 0 Å². The van der Waals surface area contributed by atoms with Gasteiger partial charge in [-0.05, 0) is 38.0 Å². The molecule has 1 aromatic heterocycles. The zero-order valence-electron chi connectivity index (χ0n) is 13.9. The zero-order chi connectivity index (χ0) is 15.8. The number of anilines is 1. The number of rotatable bonds is 2. The maximum Gasteiger partial charge on any atom is 0.274 e. The van der Waals surface area contributed by atoms with Gasteiger partial charge in [-0.2, -0.15) is 5.10 Å². The van der Waals surface area contributed by atoms with E-state index in [9.17, 15) is 4.79 Å². The molecule has 1 aromatic rings. The van der Waals surface area contributed by atoms with E-state index in [0.29, 0.717) is 29.3 Å². The fourth-order valence-corrected chi connectivity index (χ4v) is 3.15. The third-order valence-corrected chi connectivity index (χ3v) is 4.68. The predicted octanol–water partition coefficient (Wildman–Crippen LogP) is 2.69. The molecule has 0 aliphatic carbocycles. The van der Waals surface area contributed by atoms with Crippen LogP contribution in [0.3, 0.4) is 0 Å². The first-order chi connectivity index (χ1) is 9.75. The van der Waals surface area contributed by atoms with E-state index in [1.54, 1.807) is 4.68 Å². The number of hydrogen-bond acceptors (Lipinski definition) is 3. The summed E-state index contributed by atoms with van der Waals surface area (Å²) in [5.74, 6) is 0.707. The largest absolute Gasteiger partial charge is 0.395 e. The van der Waals surface area contributed by atoms with Crippen LogP contribution in [-0.2, 0) is 6.54 Å². The van der Waals surface area contributed by atoms with E-state index >= 15 is 0 Å². The topological polar surface area (TPSA) is 64.2 Å². The molecule has 2 rings (SSSR count). The minimum atomic E-state index is 0.0299. The van der Waals surface area contributed by atoms with Gasteiger partial charge in [-0.25, -0.2) is 0 Å². The van der Waals surface area contributed by atoms with Crippen LogP contribution in [0.2, 0.25) is 0 Å². The van der Waals surface area contributed by atoms with Gasteiger partial charge in [0.15, 0.2) is 0 Å². The number of amides is 1. The first kappa shape index (κ1) is 15.9. The Bertz CT molecular complexity index is 519. The highest BCUT2D eigenvalue weighted by molar-refractivity contribution is 5.98. The van der Waals surface area contributed by atoms with Crippen molar-refractivity contribution in [2.45, 2.75) is 54.0 Å². The summed E-state index contributed by atoms with van der Waals surface area (Å²) in [7, 11) is 0. The molecule has 5 nitrogen and oxygen atoms in total. The van der Waals surface area contributed by atoms with E-state index in [2.05, 4.69) is 25.9 Å². The van der Waals surface area contributed by atoms with E-state index in [1.165, 1.54) is 0 Å². The van der Waals surface area contributed by atoms with Gasteiger partial charge in [-0.15, -0.1) is 0 Å². The van der Waals surface area contributed by atoms with Crippen LogP contribution in [-0.4, -0.2) is 33.7 Å². The van der Waals surface area contributed by atoms with E-state index in [0.717, 1.165) is 31.6 Å². The van der Waals surface area contributed by atoms with Crippen molar-refractivity contribution in [3.8, 4) is 0 Å². The van der Waals surface area contributed by atoms with Gasteiger partial charge in [0.25, 0.3) is 5.91 Å². The smallest absolute Gasteiger partial charge is 0.274 e. The summed E-state index contributed by atoms with van der Waals surface area (Å²) in [6.07, 6.45) is 2.13. The minimum Gasteiger partial charge on any atom is -0.395 e. The summed E-state index contributed by atoms with van der Waals surface area (Å²) in [4.78, 5) is 14.7. The van der Waals surface area contributed by atoms with Crippen molar-refractivity contribution in [2.24, 2.45) is 11.3 Å². The highest BCUT2D eigenvalue weighted by Gasteiger charge is 2.32. The van der Waals surface area contributed by atoms with Gasteiger partial charge in [0.05, 0.1) is 11.4 Å². The molecular weight excluding hydrogens is 264 g/mol. The molecule has 0 bridgehead atoms. The SMILES string of the molecule is CCn1nc(C)c(N)c1C(=O)N1CCC(C(C)(C)C)CC1. The van der Waals surface area contributed by atoms with E-state index in [-0.39, 0.29) is 5.91 Å². The second-order valence-electron chi connectivity index (χ2n) is 7.10. The molecule has 5 heteroatoms. The molecule has 1 fully saturated rings. The molecule has 0 spiro atoms. The first-order valence-electron chi connectivity index (χ1n) is 7.87. The highest BCUT2D eigenvalue weighted by atomic mass is 16.2. The molecule has 1 aliphatic rings. The van der Waals surface area contributed by atoms with Gasteiger partial charge in [0.1, 0.15) is 5.69 Å². The highest BCUT2D eigenvalue weighted by Crippen LogP contribution is 2.34. The fraction of sp³-hybridized carbons (Fsp3) is 0.750. The number of likely N-dealkylation sites (tertiary alicyclic amines) is 1. The maximum absolute atomic E-state index is 12.8. The molecule has 2 heterocycles. The third-order valence-electron chi connectivity index (χ3n) is 4.68. The van der Waals surface area contributed by atoms with Gasteiger partial charge in [-0.1, -0.05) is 20.8 Å². The monoisotopic (exact) mass is 292 g/mol. The Morgan fingerprint density at radius 1 is 1.33 bits per heavy atom. The molecular formula is C16H28N4O. The average molecular weight is 292 g/mol. The number of carbonyl (C=O) groups is 1. The minimum absolute atomic E-state index is 0.0299. The van der Waals surface area contributed by atoms with Crippen LogP contribution in [0, 0.1) is 18.3 Å². The molecule has 21 heavy (non-hydrogen) atoms. The third kappa shape index (κ3) is 3.06. The molecule has 1 saturated heterocycles. The maximum atomic E-state index is 12.8. The molecule has 0 unspecified atom stereocenters. The number of nitrogens with two attached hydrogens (primary N) is 1. The molecule has 0 aromatic carbocycles. The second kappa shape index (κ2) is 5.70. The normalized spacial score (nSPS) is 17.3. The molecule has 2 N–H and O–H groups in total. The van der Waals surface area contributed by atoms with Crippen LogP contribution in [0.1, 0.15) is 56.7 Å². The van der Waals surface area contributed by atoms with Crippen LogP contribution in [0.15, 0.2) is 0 Å². The van der Waals surface area contributed by atoms with Crippen molar-refractivity contribution >= 4 is 11.6 Å². The standard InChI is InChI=1S/C16H28N4O/c1-6-20-14(13(17)11(2)18-20)15(21)19-9-7-12(8-10-19)16(3,4)5/h12H,6-10,17H2,1-5H3. The van der Waals surface area contributed by atoms with Crippen LogP contribution in [0.5, 0.6) is 0 Å². The number of nitrogen functional groups attached to an aromatic ring is 1. The van der Waals surface area contributed by atoms with Crippen LogP contribution >= 0.6 is 0 Å². The zero-order valence-corrected chi connectivity index (χ0v) is 13.9. The summed E-state index contributed by atoms with van der Waals surface area (Å²) in [5.41, 5.74) is 8.20. The van der Waals surface area contributed by atoms with Crippen molar-refractivity contribution in [1.82, 2.24) is 14.7 Å². The summed E-state index contributed by atoms with van der Waals surface area (Å²) >= 11 is 0. The molecule has 118 valence electrons. The van der Waals surface area contributed by atoms with Crippen LogP contribution in [0.25, 0.3) is 0 Å². The van der Waals surface area contributed by atoms with Gasteiger partial charge in [0.2, 0.25) is 0 Å². The lowest BCUT2D eigenvalue weighted by Crippen LogP contribution is -2.42. The fourth-order valence-electron chi connectivity index (χ4n) is 3.15. The summed E-state index contributed by atoms with van der Waals surface area (Å²) < 4.78 is 1.73. The van der Waals surface area contributed by atoms with Crippen molar-refractivity contribution in [3.63, 3.8) is 0 Å². The number of carbonyl (C=O) groups excluding carboxylic acids is 1. The summed E-state index contributed by atoms with van der Waals surface area (Å²) in [6, 6.07) is 0. The Balaban J connectivity index is 2.13. The predicted molar refractivity (Wildman–Crippen MR) is 85.1 cm³/mol. The Kier molecular flexibility index (Phi) is 4.30. The van der Waals surface area contributed by atoms with Gasteiger partial charge >= 0.3 is 0 Å². The number of aryl methyl sites for hydroxylation is 2. The number of piperidine rings is 1. The Morgan fingerprint density at radius 2 is 1.90 bits per heavy atom. The van der Waals surface area contributed by atoms with Crippen molar-refractivity contribution < 1.29 is 4.79 Å². The first-order valence-corrected chi connectivity index (χ1v) is 7.87. The summed E-state index contributed by atoms with van der Waals surface area (Å²) in [6.45, 7) is 13.0. The summed E-state index contributed by atoms with van der Waals surface area (Å²) in [5, 5.41) is 4.34. The van der Waals surface area contributed by atoms with Crippen molar-refractivity contribution in [3.05, 3.63) is 11.4 Å². The van der Waals surface area contributed by atoms with Gasteiger partial charge in [-0.3, -0.25) is 9.48 Å². The van der Waals surface area contributed by atoms with E-state index in [4.69, 9.17) is 5.73 Å². The van der Waals surface area contributed by atoms with Gasteiger partial charge < -0.3 is 10.6 Å². The number of hydrogen-bond donors (Lipinski definition) is 1. The van der Waals surface area contributed by atoms with Crippen LogP contribution in [0.4, 0.5) is 5.69 Å². The number of nitrogens with zero attached hydrogens (tertiary/aromatic N) is 3. The molecule has 0 saturated carbocycles. The second-order valence-corrected chi connectivity index (χ2v) is 7.10. The Hall–Kier alpha value is -1.52. The van der Waals surface area contributed by atoms with E-state index in [1.807, 2.05) is 18.7 Å². The van der Waals surface area contributed by atoms with Crippen LogP contribution < -0.4 is 5.73 Å². The average Bonchev–Trinajstić information content (AvgIpc) is 2.73.